The van der Waals surface area contributed by atoms with Crippen LogP contribution in [0.2, 0.25) is 10.0 Å². The molecule has 0 bridgehead atoms. The highest BCUT2D eigenvalue weighted by molar-refractivity contribution is 7.92. The zero-order chi connectivity index (χ0) is 25.6. The van der Waals surface area contributed by atoms with E-state index in [0.717, 1.165) is 22.7 Å². The van der Waals surface area contributed by atoms with E-state index in [9.17, 15) is 22.4 Å². The summed E-state index contributed by atoms with van der Waals surface area (Å²) in [5.41, 5.74) is 0.739. The molecule has 1 atom stereocenters. The van der Waals surface area contributed by atoms with Gasteiger partial charge in [0.2, 0.25) is 21.8 Å². The van der Waals surface area contributed by atoms with Gasteiger partial charge in [0, 0.05) is 13.1 Å². The standard InChI is InChI=1S/C23H28Cl2FN3O4S/c1-15(2)12-27-23(31)16(3)28(13-17-5-10-20(24)21(25)11-17)22(30)14-29(34(4,32)33)19-8-6-18(26)7-9-19/h5-11,15-16H,12-14H2,1-4H3,(H,27,31). The van der Waals surface area contributed by atoms with E-state index in [1.165, 1.54) is 17.0 Å². The molecule has 0 aliphatic rings. The highest BCUT2D eigenvalue weighted by Crippen LogP contribution is 2.24. The maximum Gasteiger partial charge on any atom is 0.244 e. The SMILES string of the molecule is CC(C)CNC(=O)C(C)N(Cc1ccc(Cl)c(Cl)c1)C(=O)CN(c1ccc(F)cc1)S(C)(=O)=O. The first-order chi connectivity index (χ1) is 15.8. The molecule has 0 radical (unpaired) electrons. The molecule has 2 rings (SSSR count). The van der Waals surface area contributed by atoms with Crippen LogP contribution in [0.4, 0.5) is 10.1 Å². The first-order valence-electron chi connectivity index (χ1n) is 10.5. The third-order valence-corrected chi connectivity index (χ3v) is 6.86. The normalized spacial score (nSPS) is 12.4. The minimum atomic E-state index is -3.89. The van der Waals surface area contributed by atoms with Gasteiger partial charge in [-0.2, -0.15) is 0 Å². The third-order valence-electron chi connectivity index (χ3n) is 4.98. The average molecular weight is 532 g/mol. The second-order valence-corrected chi connectivity index (χ2v) is 11.1. The monoisotopic (exact) mass is 531 g/mol. The Bertz CT molecular complexity index is 1130. The van der Waals surface area contributed by atoms with Crippen LogP contribution in [0.15, 0.2) is 42.5 Å². The molecular formula is C23H28Cl2FN3O4S. The van der Waals surface area contributed by atoms with Gasteiger partial charge in [0.1, 0.15) is 18.4 Å². The number of nitrogens with zero attached hydrogens (tertiary/aromatic N) is 2. The van der Waals surface area contributed by atoms with E-state index in [1.54, 1.807) is 25.1 Å². The van der Waals surface area contributed by atoms with E-state index in [-0.39, 0.29) is 29.1 Å². The molecule has 7 nitrogen and oxygen atoms in total. The molecule has 0 spiro atoms. The van der Waals surface area contributed by atoms with E-state index in [2.05, 4.69) is 5.32 Å². The number of benzene rings is 2. The second kappa shape index (κ2) is 11.9. The van der Waals surface area contributed by atoms with Crippen LogP contribution in [0.1, 0.15) is 26.3 Å². The summed E-state index contributed by atoms with van der Waals surface area (Å²) in [5.74, 6) is -1.34. The second-order valence-electron chi connectivity index (χ2n) is 8.33. The van der Waals surface area contributed by atoms with Crippen molar-refractivity contribution in [3.8, 4) is 0 Å². The predicted octanol–water partition coefficient (Wildman–Crippen LogP) is 4.09. The number of halogens is 3. The van der Waals surface area contributed by atoms with Gasteiger partial charge in [0.05, 0.1) is 22.0 Å². The van der Waals surface area contributed by atoms with Crippen molar-refractivity contribution >= 4 is 50.7 Å². The molecule has 2 aromatic carbocycles. The maximum atomic E-state index is 13.4. The zero-order valence-electron chi connectivity index (χ0n) is 19.4. The molecule has 2 aromatic rings. The summed E-state index contributed by atoms with van der Waals surface area (Å²) < 4.78 is 39.1. The van der Waals surface area contributed by atoms with Crippen molar-refractivity contribution in [2.24, 2.45) is 5.92 Å². The van der Waals surface area contributed by atoms with Crippen LogP contribution in [0.25, 0.3) is 0 Å². The number of anilines is 1. The summed E-state index contributed by atoms with van der Waals surface area (Å²) in [5, 5.41) is 3.41. The summed E-state index contributed by atoms with van der Waals surface area (Å²) in [6, 6.07) is 8.67. The topological polar surface area (TPSA) is 86.8 Å². The molecule has 0 saturated carbocycles. The summed E-state index contributed by atoms with van der Waals surface area (Å²) in [7, 11) is -3.89. The van der Waals surface area contributed by atoms with Crippen molar-refractivity contribution in [1.82, 2.24) is 10.2 Å². The molecule has 34 heavy (non-hydrogen) atoms. The number of amides is 2. The molecule has 0 aromatic heterocycles. The van der Waals surface area contributed by atoms with E-state index >= 15 is 0 Å². The highest BCUT2D eigenvalue weighted by Gasteiger charge is 2.30. The fraction of sp³-hybridized carbons (Fsp3) is 0.391. The van der Waals surface area contributed by atoms with Crippen LogP contribution < -0.4 is 9.62 Å². The molecule has 0 fully saturated rings. The van der Waals surface area contributed by atoms with E-state index in [0.29, 0.717) is 17.1 Å². The van der Waals surface area contributed by atoms with Gasteiger partial charge in [0.25, 0.3) is 0 Å². The summed E-state index contributed by atoms with van der Waals surface area (Å²) in [6.07, 6.45) is 0.950. The van der Waals surface area contributed by atoms with Crippen LogP contribution in [-0.2, 0) is 26.2 Å². The van der Waals surface area contributed by atoms with Gasteiger partial charge in [-0.3, -0.25) is 13.9 Å². The van der Waals surface area contributed by atoms with Crippen LogP contribution >= 0.6 is 23.2 Å². The first kappa shape index (κ1) is 27.9. The number of hydrogen-bond donors (Lipinski definition) is 1. The van der Waals surface area contributed by atoms with Gasteiger partial charge in [0.15, 0.2) is 0 Å². The average Bonchev–Trinajstić information content (AvgIpc) is 2.75. The lowest BCUT2D eigenvalue weighted by Crippen LogP contribution is -2.51. The van der Waals surface area contributed by atoms with E-state index < -0.39 is 34.3 Å². The minimum Gasteiger partial charge on any atom is -0.354 e. The number of nitrogens with one attached hydrogen (secondary N) is 1. The molecule has 11 heteroatoms. The number of sulfonamides is 1. The Balaban J connectivity index is 2.38. The summed E-state index contributed by atoms with van der Waals surface area (Å²) in [4.78, 5) is 27.4. The maximum absolute atomic E-state index is 13.4. The van der Waals surface area contributed by atoms with Crippen molar-refractivity contribution in [2.45, 2.75) is 33.4 Å². The molecule has 2 amide bonds. The number of carbonyl (C=O) groups is 2. The quantitative estimate of drug-likeness (QED) is 0.500. The molecular weight excluding hydrogens is 504 g/mol. The van der Waals surface area contributed by atoms with Gasteiger partial charge in [-0.1, -0.05) is 43.1 Å². The molecule has 0 aliphatic carbocycles. The van der Waals surface area contributed by atoms with Gasteiger partial charge >= 0.3 is 0 Å². The Morgan fingerprint density at radius 1 is 1.03 bits per heavy atom. The Labute approximate surface area is 209 Å². The Morgan fingerprint density at radius 2 is 1.65 bits per heavy atom. The van der Waals surface area contributed by atoms with Gasteiger partial charge in [-0.05, 0) is 54.8 Å². The van der Waals surface area contributed by atoms with Gasteiger partial charge in [-0.15, -0.1) is 0 Å². The fourth-order valence-corrected chi connectivity index (χ4v) is 4.26. The number of carbonyl (C=O) groups excluding carboxylic acids is 2. The highest BCUT2D eigenvalue weighted by atomic mass is 35.5. The summed E-state index contributed by atoms with van der Waals surface area (Å²) >= 11 is 12.1. The number of rotatable bonds is 10. The van der Waals surface area contributed by atoms with Crippen LogP contribution in [0.3, 0.4) is 0 Å². The molecule has 1 N–H and O–H groups in total. The molecule has 1 unspecified atom stereocenters. The van der Waals surface area contributed by atoms with Crippen molar-refractivity contribution in [1.29, 1.82) is 0 Å². The van der Waals surface area contributed by atoms with Gasteiger partial charge in [-0.25, -0.2) is 12.8 Å². The molecule has 0 saturated heterocycles. The molecule has 186 valence electrons. The van der Waals surface area contributed by atoms with Crippen LogP contribution in [0.5, 0.6) is 0 Å². The van der Waals surface area contributed by atoms with Crippen molar-refractivity contribution in [3.05, 3.63) is 63.9 Å². The van der Waals surface area contributed by atoms with E-state index in [4.69, 9.17) is 23.2 Å². The van der Waals surface area contributed by atoms with Crippen molar-refractivity contribution < 1.29 is 22.4 Å². The zero-order valence-corrected chi connectivity index (χ0v) is 21.7. The van der Waals surface area contributed by atoms with Crippen LogP contribution in [0, 0.1) is 11.7 Å². The third kappa shape index (κ3) is 7.85. The summed E-state index contributed by atoms with van der Waals surface area (Å²) in [6.45, 7) is 5.28. The lowest BCUT2D eigenvalue weighted by molar-refractivity contribution is -0.139. The molecule has 0 heterocycles. The van der Waals surface area contributed by atoms with Gasteiger partial charge < -0.3 is 10.2 Å². The van der Waals surface area contributed by atoms with Crippen molar-refractivity contribution in [2.75, 3.05) is 23.7 Å². The Kier molecular flexibility index (Phi) is 9.73. The smallest absolute Gasteiger partial charge is 0.244 e. The first-order valence-corrected chi connectivity index (χ1v) is 13.1. The fourth-order valence-electron chi connectivity index (χ4n) is 3.09. The minimum absolute atomic E-state index is 0.00694. The lowest BCUT2D eigenvalue weighted by Gasteiger charge is -2.31. The van der Waals surface area contributed by atoms with Crippen molar-refractivity contribution in [3.63, 3.8) is 0 Å². The largest absolute Gasteiger partial charge is 0.354 e. The lowest BCUT2D eigenvalue weighted by atomic mass is 10.1. The number of hydrogen-bond acceptors (Lipinski definition) is 4. The Morgan fingerprint density at radius 3 is 2.18 bits per heavy atom. The van der Waals surface area contributed by atoms with E-state index in [1.807, 2.05) is 13.8 Å². The van der Waals surface area contributed by atoms with Crippen LogP contribution in [-0.4, -0.2) is 50.5 Å². The Hall–Kier alpha value is -2.36. The predicted molar refractivity (Wildman–Crippen MR) is 133 cm³/mol. The molecule has 0 aliphatic heterocycles.